The molecule has 0 fully saturated rings. The first kappa shape index (κ1) is 17.6. The molecule has 0 saturated carbocycles. The van der Waals surface area contributed by atoms with Crippen molar-refractivity contribution < 1.29 is 9.53 Å². The number of unbranched alkanes of at least 4 members (excludes halogenated alkanes) is 8. The molecule has 0 aromatic heterocycles. The molecule has 0 heterocycles. The Kier molecular flexibility index (Phi) is 12.7. The molecule has 0 aliphatic rings. The van der Waals surface area contributed by atoms with Gasteiger partial charge in [-0.25, -0.2) is 0 Å². The third-order valence-electron chi connectivity index (χ3n) is 3.00. The van der Waals surface area contributed by atoms with Gasteiger partial charge in [0.15, 0.2) is 5.05 Å². The zero-order chi connectivity index (χ0) is 13.6. The molecular weight excluding hydrogens is 244 g/mol. The number of ether oxygens (including phenoxy) is 1. The van der Waals surface area contributed by atoms with Crippen LogP contribution in [0.4, 0.5) is 0 Å². The summed E-state index contributed by atoms with van der Waals surface area (Å²) < 4.78 is 4.96. The van der Waals surface area contributed by atoms with Crippen LogP contribution in [0.25, 0.3) is 0 Å². The lowest BCUT2D eigenvalue weighted by atomic mass is 10.1. The molecule has 0 saturated heterocycles. The summed E-state index contributed by atoms with van der Waals surface area (Å²) in [6.45, 7) is 4.14. The largest absolute Gasteiger partial charge is 0.419 e. The van der Waals surface area contributed by atoms with Gasteiger partial charge in [-0.1, -0.05) is 65.2 Å². The van der Waals surface area contributed by atoms with Crippen LogP contribution in [0.3, 0.4) is 0 Å². The summed E-state index contributed by atoms with van der Waals surface area (Å²) in [5.41, 5.74) is 0. The Hall–Kier alpha value is -0.440. The highest BCUT2D eigenvalue weighted by molar-refractivity contribution is 7.80. The maximum atomic E-state index is 11.3. The van der Waals surface area contributed by atoms with Gasteiger partial charge < -0.3 is 4.74 Å². The standard InChI is InChI=1S/C15H28O2S/c1-3-5-6-7-8-9-10-11-12-13-14(16)17-15(18)4-2/h3-13H2,1-2H3. The first-order valence-corrected chi connectivity index (χ1v) is 7.85. The molecule has 0 bridgehead atoms. The van der Waals surface area contributed by atoms with Crippen LogP contribution in [0.5, 0.6) is 0 Å². The van der Waals surface area contributed by atoms with Gasteiger partial charge in [0, 0.05) is 12.8 Å². The number of rotatable bonds is 11. The summed E-state index contributed by atoms with van der Waals surface area (Å²) >= 11 is 4.86. The van der Waals surface area contributed by atoms with E-state index in [0.717, 1.165) is 12.8 Å². The normalized spacial score (nSPS) is 10.3. The second-order valence-electron chi connectivity index (χ2n) is 4.78. The van der Waals surface area contributed by atoms with Crippen molar-refractivity contribution >= 4 is 23.2 Å². The third kappa shape index (κ3) is 12.0. The molecule has 0 amide bonds. The zero-order valence-electron chi connectivity index (χ0n) is 12.0. The molecule has 0 rings (SSSR count). The first-order valence-electron chi connectivity index (χ1n) is 7.44. The van der Waals surface area contributed by atoms with Crippen molar-refractivity contribution in [1.82, 2.24) is 0 Å². The van der Waals surface area contributed by atoms with Crippen LogP contribution >= 0.6 is 12.2 Å². The van der Waals surface area contributed by atoms with Gasteiger partial charge >= 0.3 is 5.97 Å². The number of hydrogen-bond acceptors (Lipinski definition) is 3. The number of carbonyl (C=O) groups is 1. The number of carbonyl (C=O) groups excluding carboxylic acids is 1. The van der Waals surface area contributed by atoms with Gasteiger partial charge in [-0.3, -0.25) is 4.79 Å². The molecule has 0 N–H and O–H groups in total. The van der Waals surface area contributed by atoms with Gasteiger partial charge in [-0.05, 0) is 18.6 Å². The van der Waals surface area contributed by atoms with Crippen LogP contribution in [0, 0.1) is 0 Å². The molecule has 0 atom stereocenters. The Balaban J connectivity index is 3.20. The molecule has 0 spiro atoms. The lowest BCUT2D eigenvalue weighted by molar-refractivity contribution is -0.135. The molecule has 3 heteroatoms. The molecule has 0 aliphatic carbocycles. The average Bonchev–Trinajstić information content (AvgIpc) is 2.36. The zero-order valence-corrected chi connectivity index (χ0v) is 12.8. The van der Waals surface area contributed by atoms with Crippen molar-refractivity contribution in [2.24, 2.45) is 0 Å². The molecule has 0 aromatic rings. The van der Waals surface area contributed by atoms with E-state index in [9.17, 15) is 4.79 Å². The fourth-order valence-corrected chi connectivity index (χ4v) is 1.92. The lowest BCUT2D eigenvalue weighted by Gasteiger charge is -2.04. The van der Waals surface area contributed by atoms with Crippen LogP contribution < -0.4 is 0 Å². The maximum Gasteiger partial charge on any atom is 0.311 e. The minimum atomic E-state index is -0.162. The molecule has 2 nitrogen and oxygen atoms in total. The van der Waals surface area contributed by atoms with E-state index in [1.54, 1.807) is 0 Å². The SMILES string of the molecule is CCCCCCCCCCCC(=O)OC(=S)CC. The van der Waals surface area contributed by atoms with Crippen LogP contribution in [0.1, 0.15) is 84.5 Å². The second-order valence-corrected chi connectivity index (χ2v) is 5.23. The van der Waals surface area contributed by atoms with Gasteiger partial charge in [0.1, 0.15) is 0 Å². The van der Waals surface area contributed by atoms with Crippen molar-refractivity contribution in [2.45, 2.75) is 84.5 Å². The van der Waals surface area contributed by atoms with Crippen molar-refractivity contribution in [3.63, 3.8) is 0 Å². The van der Waals surface area contributed by atoms with Crippen LogP contribution in [0.2, 0.25) is 0 Å². The van der Waals surface area contributed by atoms with E-state index >= 15 is 0 Å². The highest BCUT2D eigenvalue weighted by atomic mass is 32.1. The maximum absolute atomic E-state index is 11.3. The highest BCUT2D eigenvalue weighted by Crippen LogP contribution is 2.10. The van der Waals surface area contributed by atoms with E-state index in [2.05, 4.69) is 6.92 Å². The monoisotopic (exact) mass is 272 g/mol. The van der Waals surface area contributed by atoms with E-state index in [-0.39, 0.29) is 5.97 Å². The third-order valence-corrected chi connectivity index (χ3v) is 3.37. The molecule has 0 unspecified atom stereocenters. The Labute approximate surface area is 117 Å². The summed E-state index contributed by atoms with van der Waals surface area (Å²) in [7, 11) is 0. The van der Waals surface area contributed by atoms with E-state index in [0.29, 0.717) is 17.9 Å². The van der Waals surface area contributed by atoms with E-state index in [1.807, 2.05) is 6.92 Å². The fraction of sp³-hybridized carbons (Fsp3) is 0.867. The minimum absolute atomic E-state index is 0.162. The number of hydrogen-bond donors (Lipinski definition) is 0. The minimum Gasteiger partial charge on any atom is -0.419 e. The van der Waals surface area contributed by atoms with Crippen molar-refractivity contribution in [3.8, 4) is 0 Å². The van der Waals surface area contributed by atoms with Gasteiger partial charge in [0.05, 0.1) is 0 Å². The summed E-state index contributed by atoms with van der Waals surface area (Å²) in [6.07, 6.45) is 12.5. The number of thiocarbonyl (C=S) groups is 1. The Bertz CT molecular complexity index is 227. The Morgan fingerprint density at radius 1 is 0.889 bits per heavy atom. The van der Waals surface area contributed by atoms with Gasteiger partial charge in [-0.2, -0.15) is 0 Å². The smallest absolute Gasteiger partial charge is 0.311 e. The van der Waals surface area contributed by atoms with Crippen molar-refractivity contribution in [2.75, 3.05) is 0 Å². The molecule has 0 aliphatic heterocycles. The van der Waals surface area contributed by atoms with Crippen molar-refractivity contribution in [1.29, 1.82) is 0 Å². The quantitative estimate of drug-likeness (QED) is 0.294. The highest BCUT2D eigenvalue weighted by Gasteiger charge is 2.04. The van der Waals surface area contributed by atoms with Crippen LogP contribution in [-0.2, 0) is 9.53 Å². The predicted octanol–water partition coefficient (Wildman–Crippen LogP) is 5.19. The molecule has 106 valence electrons. The Morgan fingerprint density at radius 3 is 1.89 bits per heavy atom. The van der Waals surface area contributed by atoms with Crippen molar-refractivity contribution in [3.05, 3.63) is 0 Å². The fourth-order valence-electron chi connectivity index (χ4n) is 1.83. The lowest BCUT2D eigenvalue weighted by Crippen LogP contribution is -2.09. The van der Waals surface area contributed by atoms with E-state index in [1.165, 1.54) is 44.9 Å². The molecular formula is C15H28O2S. The first-order chi connectivity index (χ1) is 8.70. The second kappa shape index (κ2) is 13.0. The summed E-state index contributed by atoms with van der Waals surface area (Å²) in [4.78, 5) is 11.3. The van der Waals surface area contributed by atoms with Gasteiger partial charge in [0.2, 0.25) is 0 Å². The van der Waals surface area contributed by atoms with Crippen LogP contribution in [-0.4, -0.2) is 11.0 Å². The topological polar surface area (TPSA) is 26.3 Å². The Morgan fingerprint density at radius 2 is 1.39 bits per heavy atom. The van der Waals surface area contributed by atoms with Gasteiger partial charge in [0.25, 0.3) is 0 Å². The summed E-state index contributed by atoms with van der Waals surface area (Å²) in [5, 5.41) is 0.413. The summed E-state index contributed by atoms with van der Waals surface area (Å²) in [5.74, 6) is -0.162. The van der Waals surface area contributed by atoms with Gasteiger partial charge in [-0.15, -0.1) is 0 Å². The number of esters is 1. The van der Waals surface area contributed by atoms with E-state index < -0.39 is 0 Å². The summed E-state index contributed by atoms with van der Waals surface area (Å²) in [6, 6.07) is 0. The molecule has 0 aromatic carbocycles. The van der Waals surface area contributed by atoms with E-state index in [4.69, 9.17) is 17.0 Å². The predicted molar refractivity (Wildman–Crippen MR) is 80.8 cm³/mol. The molecule has 18 heavy (non-hydrogen) atoms. The average molecular weight is 272 g/mol. The van der Waals surface area contributed by atoms with Crippen LogP contribution in [0.15, 0.2) is 0 Å². The molecule has 0 radical (unpaired) electrons.